The Hall–Kier alpha value is -6.33. The SMILES string of the molecule is c1ccc2c(c1)-c1cccc3cccc(c13)N2c1nc(-c2cccc3ccccc23)nc(-n2c3ccccc3c3ccccc32)n1. The molecule has 7 aromatic carbocycles. The number of hydrogen-bond acceptors (Lipinski definition) is 4. The van der Waals surface area contributed by atoms with Gasteiger partial charge in [0, 0.05) is 27.3 Å². The van der Waals surface area contributed by atoms with E-state index >= 15 is 0 Å². The van der Waals surface area contributed by atoms with E-state index in [-0.39, 0.29) is 0 Å². The molecule has 0 saturated carbocycles. The Morgan fingerprint density at radius 1 is 0.370 bits per heavy atom. The summed E-state index contributed by atoms with van der Waals surface area (Å²) < 4.78 is 2.18. The molecule has 2 aromatic heterocycles. The van der Waals surface area contributed by atoms with Gasteiger partial charge in [0.2, 0.25) is 11.9 Å². The molecule has 1 aliphatic heterocycles. The molecule has 9 aromatic rings. The molecule has 0 fully saturated rings. The maximum Gasteiger partial charge on any atom is 0.240 e. The maximum atomic E-state index is 5.33. The smallest absolute Gasteiger partial charge is 0.240 e. The number of benzene rings is 7. The van der Waals surface area contributed by atoms with Crippen molar-refractivity contribution in [1.29, 1.82) is 0 Å². The summed E-state index contributed by atoms with van der Waals surface area (Å²) in [6.45, 7) is 0. The van der Waals surface area contributed by atoms with Gasteiger partial charge in [0.25, 0.3) is 0 Å². The van der Waals surface area contributed by atoms with Gasteiger partial charge in [-0.05, 0) is 46.0 Å². The predicted octanol–water partition coefficient (Wildman–Crippen LogP) is 10.4. The first-order chi connectivity index (χ1) is 22.8. The van der Waals surface area contributed by atoms with Crippen LogP contribution >= 0.6 is 0 Å². The quantitative estimate of drug-likeness (QED) is 0.206. The molecule has 5 nitrogen and oxygen atoms in total. The summed E-state index contributed by atoms with van der Waals surface area (Å²) in [4.78, 5) is 18.1. The summed E-state index contributed by atoms with van der Waals surface area (Å²) >= 11 is 0. The van der Waals surface area contributed by atoms with Gasteiger partial charge in [0.1, 0.15) is 0 Å². The number of rotatable bonds is 3. The zero-order valence-electron chi connectivity index (χ0n) is 24.7. The molecule has 0 bridgehead atoms. The average molecular weight is 588 g/mol. The minimum atomic E-state index is 0.573. The number of aromatic nitrogens is 4. The lowest BCUT2D eigenvalue weighted by Gasteiger charge is -2.32. The van der Waals surface area contributed by atoms with E-state index in [0.717, 1.165) is 55.1 Å². The normalized spacial score (nSPS) is 12.3. The number of anilines is 3. The Labute approximate surface area is 264 Å². The van der Waals surface area contributed by atoms with E-state index in [4.69, 9.17) is 15.0 Å². The molecule has 5 heteroatoms. The van der Waals surface area contributed by atoms with Crippen LogP contribution in [-0.2, 0) is 0 Å². The van der Waals surface area contributed by atoms with E-state index in [9.17, 15) is 0 Å². The van der Waals surface area contributed by atoms with E-state index in [1.165, 1.54) is 16.3 Å². The summed E-state index contributed by atoms with van der Waals surface area (Å²) in [5.74, 6) is 1.78. The number of nitrogens with zero attached hydrogens (tertiary/aromatic N) is 5. The van der Waals surface area contributed by atoms with Crippen molar-refractivity contribution < 1.29 is 0 Å². The summed E-state index contributed by atoms with van der Waals surface area (Å²) in [6.07, 6.45) is 0. The van der Waals surface area contributed by atoms with Crippen LogP contribution in [0.15, 0.2) is 152 Å². The van der Waals surface area contributed by atoms with E-state index in [1.54, 1.807) is 0 Å². The highest BCUT2D eigenvalue weighted by atomic mass is 15.3. The van der Waals surface area contributed by atoms with Crippen LogP contribution in [0.25, 0.3) is 71.8 Å². The van der Waals surface area contributed by atoms with E-state index in [1.807, 2.05) is 0 Å². The van der Waals surface area contributed by atoms with Crippen molar-refractivity contribution in [1.82, 2.24) is 19.5 Å². The van der Waals surface area contributed by atoms with Gasteiger partial charge in [-0.25, -0.2) is 0 Å². The third-order valence-corrected chi connectivity index (χ3v) is 9.18. The fourth-order valence-corrected chi connectivity index (χ4v) is 7.21. The van der Waals surface area contributed by atoms with Gasteiger partial charge in [-0.1, -0.05) is 127 Å². The highest BCUT2D eigenvalue weighted by Crippen LogP contribution is 2.50. The van der Waals surface area contributed by atoms with Crippen LogP contribution in [0.3, 0.4) is 0 Å². The molecule has 0 N–H and O–H groups in total. The number of para-hydroxylation sites is 3. The van der Waals surface area contributed by atoms with Crippen LogP contribution in [-0.4, -0.2) is 19.5 Å². The molecule has 1 aliphatic rings. The first-order valence-electron chi connectivity index (χ1n) is 15.5. The summed E-state index contributed by atoms with van der Waals surface area (Å²) in [6, 6.07) is 53.2. The highest BCUT2D eigenvalue weighted by molar-refractivity contribution is 6.13. The van der Waals surface area contributed by atoms with Crippen molar-refractivity contribution in [3.05, 3.63) is 152 Å². The first kappa shape index (κ1) is 25.0. The first-order valence-corrected chi connectivity index (χ1v) is 15.5. The Kier molecular flexibility index (Phi) is 5.22. The van der Waals surface area contributed by atoms with Crippen LogP contribution in [0.2, 0.25) is 0 Å². The molecule has 46 heavy (non-hydrogen) atoms. The maximum absolute atomic E-state index is 5.33. The van der Waals surface area contributed by atoms with Crippen LogP contribution in [0, 0.1) is 0 Å². The zero-order valence-corrected chi connectivity index (χ0v) is 24.7. The van der Waals surface area contributed by atoms with Gasteiger partial charge in [0.15, 0.2) is 5.82 Å². The fourth-order valence-electron chi connectivity index (χ4n) is 7.21. The van der Waals surface area contributed by atoms with Crippen LogP contribution in [0.4, 0.5) is 17.3 Å². The monoisotopic (exact) mass is 587 g/mol. The van der Waals surface area contributed by atoms with Crippen molar-refractivity contribution in [2.45, 2.75) is 0 Å². The third kappa shape index (κ3) is 3.54. The molecule has 214 valence electrons. The summed E-state index contributed by atoms with van der Waals surface area (Å²) in [5.41, 5.74) is 7.52. The molecule has 0 unspecified atom stereocenters. The Balaban J connectivity index is 1.33. The minimum absolute atomic E-state index is 0.573. The lowest BCUT2D eigenvalue weighted by molar-refractivity contribution is 0.934. The van der Waals surface area contributed by atoms with Gasteiger partial charge < -0.3 is 0 Å². The number of fused-ring (bicyclic) bond motifs is 6. The third-order valence-electron chi connectivity index (χ3n) is 9.18. The standard InChI is InChI=1S/C41H25N5/c1-2-16-28-26(12-1)13-9-21-33(28)39-42-40(45-34-22-6-3-17-29(34)30-18-4-7-23-35(30)45)44-41(43-39)46-36-24-8-5-19-31(36)32-20-10-14-27-15-11-25-37(46)38(27)32/h1-25H. The van der Waals surface area contributed by atoms with Crippen molar-refractivity contribution in [2.24, 2.45) is 0 Å². The van der Waals surface area contributed by atoms with Gasteiger partial charge in [0.05, 0.1) is 22.4 Å². The molecule has 0 radical (unpaired) electrons. The Morgan fingerprint density at radius 2 is 0.913 bits per heavy atom. The fraction of sp³-hybridized carbons (Fsp3) is 0. The second kappa shape index (κ2) is 9.58. The van der Waals surface area contributed by atoms with Gasteiger partial charge in [-0.2, -0.15) is 15.0 Å². The Morgan fingerprint density at radius 3 is 1.72 bits per heavy atom. The molecule has 0 aliphatic carbocycles. The highest BCUT2D eigenvalue weighted by Gasteiger charge is 2.29. The van der Waals surface area contributed by atoms with Crippen LogP contribution in [0.5, 0.6) is 0 Å². The average Bonchev–Trinajstić information content (AvgIpc) is 3.46. The summed E-state index contributed by atoms with van der Waals surface area (Å²) in [5, 5.41) is 6.93. The molecule has 3 heterocycles. The lowest BCUT2D eigenvalue weighted by Crippen LogP contribution is -2.19. The second-order valence-corrected chi connectivity index (χ2v) is 11.7. The molecule has 10 rings (SSSR count). The molecular weight excluding hydrogens is 562 g/mol. The molecule has 0 saturated heterocycles. The van der Waals surface area contributed by atoms with Crippen LogP contribution < -0.4 is 4.90 Å². The van der Waals surface area contributed by atoms with E-state index in [0.29, 0.717) is 17.7 Å². The lowest BCUT2D eigenvalue weighted by atomic mass is 9.91. The zero-order chi connectivity index (χ0) is 30.2. The topological polar surface area (TPSA) is 46.8 Å². The van der Waals surface area contributed by atoms with Gasteiger partial charge in [-0.15, -0.1) is 0 Å². The largest absolute Gasteiger partial charge is 0.278 e. The van der Waals surface area contributed by atoms with Gasteiger partial charge in [-0.3, -0.25) is 9.47 Å². The number of hydrogen-bond donors (Lipinski definition) is 0. The molecule has 0 spiro atoms. The van der Waals surface area contributed by atoms with Crippen molar-refractivity contribution in [3.63, 3.8) is 0 Å². The van der Waals surface area contributed by atoms with E-state index < -0.39 is 0 Å². The molecule has 0 atom stereocenters. The van der Waals surface area contributed by atoms with Gasteiger partial charge >= 0.3 is 0 Å². The van der Waals surface area contributed by atoms with Crippen molar-refractivity contribution in [2.75, 3.05) is 4.90 Å². The summed E-state index contributed by atoms with van der Waals surface area (Å²) in [7, 11) is 0. The molecular formula is C41H25N5. The van der Waals surface area contributed by atoms with Crippen LogP contribution in [0.1, 0.15) is 0 Å². The predicted molar refractivity (Wildman–Crippen MR) is 188 cm³/mol. The Bertz CT molecular complexity index is 2610. The molecule has 0 amide bonds. The minimum Gasteiger partial charge on any atom is -0.278 e. The second-order valence-electron chi connectivity index (χ2n) is 11.7. The van der Waals surface area contributed by atoms with Crippen molar-refractivity contribution in [3.8, 4) is 28.5 Å². The van der Waals surface area contributed by atoms with E-state index in [2.05, 4.69) is 161 Å². The van der Waals surface area contributed by atoms with Crippen molar-refractivity contribution >= 4 is 60.7 Å².